The van der Waals surface area contributed by atoms with E-state index in [0.29, 0.717) is 5.76 Å². The summed E-state index contributed by atoms with van der Waals surface area (Å²) in [4.78, 5) is 2.32. The molecule has 3 heteroatoms. The maximum absolute atomic E-state index is 5.47. The van der Waals surface area contributed by atoms with Crippen LogP contribution in [0.5, 0.6) is 0 Å². The third-order valence-corrected chi connectivity index (χ3v) is 5.24. The van der Waals surface area contributed by atoms with Gasteiger partial charge in [-0.05, 0) is 86.4 Å². The summed E-state index contributed by atoms with van der Waals surface area (Å²) in [5, 5.41) is 3.46. The van der Waals surface area contributed by atoms with Crippen molar-refractivity contribution in [2.75, 3.05) is 7.05 Å². The van der Waals surface area contributed by atoms with E-state index in [4.69, 9.17) is 4.74 Å². The molecule has 1 N–H and O–H groups in total. The number of fused-ring (bicyclic) bond motifs is 1. The van der Waals surface area contributed by atoms with Gasteiger partial charge in [0.05, 0.1) is 6.26 Å². The molecule has 2 rings (SSSR count). The van der Waals surface area contributed by atoms with Gasteiger partial charge in [-0.25, -0.2) is 0 Å². The maximum atomic E-state index is 5.47. The van der Waals surface area contributed by atoms with E-state index in [-0.39, 0.29) is 0 Å². The van der Waals surface area contributed by atoms with E-state index < -0.39 is 0 Å². The van der Waals surface area contributed by atoms with Gasteiger partial charge >= 0.3 is 0 Å². The van der Waals surface area contributed by atoms with E-state index in [0.717, 1.165) is 47.6 Å². The summed E-state index contributed by atoms with van der Waals surface area (Å²) >= 11 is 0. The van der Waals surface area contributed by atoms with Gasteiger partial charge in [0.1, 0.15) is 5.76 Å². The Kier molecular flexibility index (Phi) is 8.89. The van der Waals surface area contributed by atoms with Crippen LogP contribution in [0.3, 0.4) is 0 Å². The van der Waals surface area contributed by atoms with Crippen LogP contribution >= 0.6 is 0 Å². The van der Waals surface area contributed by atoms with Gasteiger partial charge in [0.25, 0.3) is 0 Å². The van der Waals surface area contributed by atoms with Crippen LogP contribution in [0.25, 0.3) is 5.70 Å². The lowest BCUT2D eigenvalue weighted by molar-refractivity contribution is 0.353. The number of hydrogen-bond acceptors (Lipinski definition) is 3. The quantitative estimate of drug-likeness (QED) is 0.328. The molecular weight excluding hydrogens is 380 g/mol. The molecule has 0 radical (unpaired) electrons. The normalized spacial score (nSPS) is 15.5. The minimum Gasteiger partial charge on any atom is -0.465 e. The topological polar surface area (TPSA) is 24.5 Å². The van der Waals surface area contributed by atoms with Gasteiger partial charge in [0.15, 0.2) is 0 Å². The Hall–Kier alpha value is -3.04. The van der Waals surface area contributed by atoms with Crippen molar-refractivity contribution in [3.8, 4) is 0 Å². The molecule has 164 valence electrons. The molecule has 0 saturated heterocycles. The zero-order chi connectivity index (χ0) is 23.0. The summed E-state index contributed by atoms with van der Waals surface area (Å²) in [5.41, 5.74) is 8.86. The molecule has 0 aromatic heterocycles. The Labute approximate surface area is 188 Å². The van der Waals surface area contributed by atoms with Crippen LogP contribution in [0.4, 0.5) is 0 Å². The highest BCUT2D eigenvalue weighted by molar-refractivity contribution is 5.65. The Morgan fingerprint density at radius 1 is 1.16 bits per heavy atom. The number of ether oxygens (including phenoxy) is 1. The molecule has 1 aromatic rings. The van der Waals surface area contributed by atoms with Crippen molar-refractivity contribution >= 4 is 5.70 Å². The first-order valence-corrected chi connectivity index (χ1v) is 10.8. The standard InChI is InChI=1S/C28H36N2O/c1-9-12-20(4)26(15-21(5)28(10-2)31-11-3)16-22(6)29-23(7)24-13-14-25-18-30(8)19-27(25)17-24/h10-17,29H,3,5,7,9,18-19H2,1-2,4,6,8H3/b20-12-,22-16+,26-15-,28-10-. The number of nitrogens with zero attached hydrogens (tertiary/aromatic N) is 1. The van der Waals surface area contributed by atoms with Gasteiger partial charge in [-0.15, -0.1) is 0 Å². The average Bonchev–Trinajstić information content (AvgIpc) is 3.10. The second-order valence-corrected chi connectivity index (χ2v) is 7.94. The lowest BCUT2D eigenvalue weighted by Crippen LogP contribution is -2.09. The Balaban J connectivity index is 2.25. The van der Waals surface area contributed by atoms with Gasteiger partial charge in [-0.2, -0.15) is 0 Å². The van der Waals surface area contributed by atoms with Gasteiger partial charge < -0.3 is 10.1 Å². The summed E-state index contributed by atoms with van der Waals surface area (Å²) < 4.78 is 5.47. The molecule has 0 atom stereocenters. The molecule has 31 heavy (non-hydrogen) atoms. The second kappa shape index (κ2) is 11.4. The number of nitrogens with one attached hydrogen (secondary N) is 1. The van der Waals surface area contributed by atoms with E-state index in [2.05, 4.69) is 88.1 Å². The maximum Gasteiger partial charge on any atom is 0.128 e. The molecule has 3 nitrogen and oxygen atoms in total. The monoisotopic (exact) mass is 416 g/mol. The lowest BCUT2D eigenvalue weighted by Gasteiger charge is -2.14. The Bertz CT molecular complexity index is 973. The van der Waals surface area contributed by atoms with Crippen molar-refractivity contribution in [3.05, 3.63) is 113 Å². The Morgan fingerprint density at radius 2 is 1.87 bits per heavy atom. The predicted molar refractivity (Wildman–Crippen MR) is 134 cm³/mol. The first-order valence-electron chi connectivity index (χ1n) is 10.8. The van der Waals surface area contributed by atoms with E-state index in [1.165, 1.54) is 23.0 Å². The zero-order valence-electron chi connectivity index (χ0n) is 19.7. The van der Waals surface area contributed by atoms with Crippen molar-refractivity contribution in [3.63, 3.8) is 0 Å². The van der Waals surface area contributed by atoms with Crippen molar-refractivity contribution in [2.24, 2.45) is 0 Å². The van der Waals surface area contributed by atoms with E-state index in [1.54, 1.807) is 0 Å². The van der Waals surface area contributed by atoms with Crippen LogP contribution in [-0.4, -0.2) is 11.9 Å². The molecule has 0 saturated carbocycles. The zero-order valence-corrected chi connectivity index (χ0v) is 19.7. The van der Waals surface area contributed by atoms with E-state index >= 15 is 0 Å². The summed E-state index contributed by atoms with van der Waals surface area (Å²) in [7, 11) is 2.15. The molecule has 0 spiro atoms. The summed E-state index contributed by atoms with van der Waals surface area (Å²) in [6.45, 7) is 22.3. The molecule has 1 aromatic carbocycles. The molecule has 1 aliphatic rings. The minimum atomic E-state index is 0.698. The van der Waals surface area contributed by atoms with Crippen LogP contribution in [-0.2, 0) is 17.8 Å². The molecule has 1 aliphatic heterocycles. The fourth-order valence-corrected chi connectivity index (χ4v) is 3.70. The molecule has 0 bridgehead atoms. The smallest absolute Gasteiger partial charge is 0.128 e. The summed E-state index contributed by atoms with van der Waals surface area (Å²) in [6, 6.07) is 6.60. The highest BCUT2D eigenvalue weighted by Gasteiger charge is 2.16. The molecule has 0 unspecified atom stereocenters. The SMILES string of the molecule is C=CO/C(=C\C)C(=C)/C=C(/C=C(\C)NC(=C)c1ccc2c(c1)CN(C)C2)C(\C)=C/CC. The minimum absolute atomic E-state index is 0.698. The average molecular weight is 417 g/mol. The third kappa shape index (κ3) is 6.73. The van der Waals surface area contributed by atoms with E-state index in [9.17, 15) is 0 Å². The van der Waals surface area contributed by atoms with Gasteiger partial charge in [-0.3, -0.25) is 4.90 Å². The van der Waals surface area contributed by atoms with Gasteiger partial charge in [0, 0.05) is 30.1 Å². The fraction of sp³-hybridized carbons (Fsp3) is 0.286. The molecular formula is C28H36N2O. The molecule has 1 heterocycles. The first kappa shape index (κ1) is 24.2. The fourth-order valence-electron chi connectivity index (χ4n) is 3.70. The largest absolute Gasteiger partial charge is 0.465 e. The summed E-state index contributed by atoms with van der Waals surface area (Å²) in [6.07, 6.45) is 10.6. The number of benzene rings is 1. The van der Waals surface area contributed by atoms with Crippen molar-refractivity contribution in [1.29, 1.82) is 0 Å². The van der Waals surface area contributed by atoms with E-state index in [1.807, 2.05) is 19.1 Å². The van der Waals surface area contributed by atoms with Gasteiger partial charge in [0.2, 0.25) is 0 Å². The highest BCUT2D eigenvalue weighted by Crippen LogP contribution is 2.25. The third-order valence-electron chi connectivity index (χ3n) is 5.24. The second-order valence-electron chi connectivity index (χ2n) is 7.94. The van der Waals surface area contributed by atoms with Crippen LogP contribution in [0.2, 0.25) is 0 Å². The van der Waals surface area contributed by atoms with Gasteiger partial charge in [-0.1, -0.05) is 44.9 Å². The Morgan fingerprint density at radius 3 is 2.52 bits per heavy atom. The van der Waals surface area contributed by atoms with Crippen molar-refractivity contribution in [2.45, 2.75) is 47.2 Å². The number of hydrogen-bond donors (Lipinski definition) is 1. The van der Waals surface area contributed by atoms with Crippen LogP contribution < -0.4 is 5.32 Å². The van der Waals surface area contributed by atoms with Crippen LogP contribution in [0.15, 0.2) is 96.7 Å². The lowest BCUT2D eigenvalue weighted by atomic mass is 10.0. The van der Waals surface area contributed by atoms with Crippen LogP contribution in [0, 0.1) is 0 Å². The number of rotatable bonds is 10. The van der Waals surface area contributed by atoms with Crippen molar-refractivity contribution in [1.82, 2.24) is 10.2 Å². The highest BCUT2D eigenvalue weighted by atomic mass is 16.5. The molecule has 0 aliphatic carbocycles. The predicted octanol–water partition coefficient (Wildman–Crippen LogP) is 7.00. The molecule has 0 fully saturated rings. The summed E-state index contributed by atoms with van der Waals surface area (Å²) in [5.74, 6) is 0.698. The van der Waals surface area contributed by atoms with Crippen molar-refractivity contribution < 1.29 is 4.74 Å². The first-order chi connectivity index (χ1) is 14.8. The van der Waals surface area contributed by atoms with Crippen LogP contribution in [0.1, 0.15) is 50.8 Å². The molecule has 0 amide bonds. The number of allylic oxidation sites excluding steroid dienone is 7.